The van der Waals surface area contributed by atoms with Gasteiger partial charge in [-0.25, -0.2) is 0 Å². The fraction of sp³-hybridized carbons (Fsp3) is 0.938. The quantitative estimate of drug-likeness (QED) is 0.789. The van der Waals surface area contributed by atoms with Crippen molar-refractivity contribution in [2.24, 2.45) is 17.3 Å². The Morgan fingerprint density at radius 3 is 2.68 bits per heavy atom. The Kier molecular flexibility index (Phi) is 3.59. The normalized spacial score (nSPS) is 38.0. The molecule has 3 rings (SSSR count). The van der Waals surface area contributed by atoms with Gasteiger partial charge in [-0.05, 0) is 56.9 Å². The zero-order chi connectivity index (χ0) is 13.5. The molecule has 0 bridgehead atoms. The number of hydrogen-bond donors (Lipinski definition) is 1. The minimum Gasteiger partial charge on any atom is -0.342 e. The molecule has 0 radical (unpaired) electrons. The lowest BCUT2D eigenvalue weighted by Gasteiger charge is -2.53. The van der Waals surface area contributed by atoms with Crippen LogP contribution in [0.3, 0.4) is 0 Å². The molecule has 2 saturated heterocycles. The van der Waals surface area contributed by atoms with E-state index < -0.39 is 0 Å². The third-order valence-corrected chi connectivity index (χ3v) is 6.02. The van der Waals surface area contributed by atoms with Crippen LogP contribution in [0, 0.1) is 17.3 Å². The Labute approximate surface area is 117 Å². The van der Waals surface area contributed by atoms with Crippen molar-refractivity contribution in [3.05, 3.63) is 0 Å². The lowest BCUT2D eigenvalue weighted by molar-refractivity contribution is -0.144. The molecule has 1 aliphatic carbocycles. The summed E-state index contributed by atoms with van der Waals surface area (Å²) in [7, 11) is 0. The monoisotopic (exact) mass is 264 g/mol. The molecule has 1 amide bonds. The number of carbonyl (C=O) groups is 1. The summed E-state index contributed by atoms with van der Waals surface area (Å²) >= 11 is 0. The predicted octanol–water partition coefficient (Wildman–Crippen LogP) is 2.41. The van der Waals surface area contributed by atoms with Crippen LogP contribution in [-0.4, -0.2) is 36.5 Å². The number of likely N-dealkylation sites (tertiary alicyclic amines) is 1. The SMILES string of the molecule is CC1CCN(C(=O)[C@H]2CCN[C@@H](C)C2)CC12CCC2. The van der Waals surface area contributed by atoms with Crippen molar-refractivity contribution in [3.8, 4) is 0 Å². The first-order chi connectivity index (χ1) is 9.11. The highest BCUT2D eigenvalue weighted by Crippen LogP contribution is 2.51. The Hall–Kier alpha value is -0.570. The zero-order valence-electron chi connectivity index (χ0n) is 12.5. The Balaban J connectivity index is 1.63. The van der Waals surface area contributed by atoms with E-state index in [1.165, 1.54) is 25.7 Å². The zero-order valence-corrected chi connectivity index (χ0v) is 12.5. The van der Waals surface area contributed by atoms with Gasteiger partial charge in [-0.2, -0.15) is 0 Å². The van der Waals surface area contributed by atoms with Crippen LogP contribution in [0.5, 0.6) is 0 Å². The molecule has 3 heteroatoms. The number of piperidine rings is 2. The molecular weight excluding hydrogens is 236 g/mol. The largest absolute Gasteiger partial charge is 0.342 e. The van der Waals surface area contributed by atoms with Crippen LogP contribution in [0.2, 0.25) is 0 Å². The second-order valence-electron chi connectivity index (χ2n) is 7.24. The molecule has 1 N–H and O–H groups in total. The lowest BCUT2D eigenvalue weighted by atomic mass is 9.59. The molecule has 2 aliphatic heterocycles. The summed E-state index contributed by atoms with van der Waals surface area (Å²) in [6.45, 7) is 7.65. The maximum absolute atomic E-state index is 12.7. The van der Waals surface area contributed by atoms with Gasteiger partial charge in [0, 0.05) is 25.0 Å². The predicted molar refractivity (Wildman–Crippen MR) is 76.8 cm³/mol. The van der Waals surface area contributed by atoms with Crippen molar-refractivity contribution >= 4 is 5.91 Å². The van der Waals surface area contributed by atoms with E-state index in [-0.39, 0.29) is 5.92 Å². The molecule has 108 valence electrons. The van der Waals surface area contributed by atoms with Crippen molar-refractivity contribution in [2.75, 3.05) is 19.6 Å². The topological polar surface area (TPSA) is 32.3 Å². The van der Waals surface area contributed by atoms with Crippen molar-refractivity contribution in [1.82, 2.24) is 10.2 Å². The molecule has 0 aromatic rings. The molecule has 1 spiro atoms. The van der Waals surface area contributed by atoms with Gasteiger partial charge in [0.25, 0.3) is 0 Å². The van der Waals surface area contributed by atoms with Crippen LogP contribution in [0.25, 0.3) is 0 Å². The molecule has 2 heterocycles. The maximum atomic E-state index is 12.7. The minimum absolute atomic E-state index is 0.279. The van der Waals surface area contributed by atoms with Gasteiger partial charge in [0.1, 0.15) is 0 Å². The highest BCUT2D eigenvalue weighted by molar-refractivity contribution is 5.79. The highest BCUT2D eigenvalue weighted by atomic mass is 16.2. The highest BCUT2D eigenvalue weighted by Gasteiger charge is 2.47. The van der Waals surface area contributed by atoms with E-state index in [1.54, 1.807) is 0 Å². The molecule has 0 aromatic carbocycles. The van der Waals surface area contributed by atoms with Crippen LogP contribution in [0.15, 0.2) is 0 Å². The molecule has 3 atom stereocenters. The standard InChI is InChI=1S/C16H28N2O/c1-12-5-9-18(11-16(12)6-3-7-16)15(19)14-4-8-17-13(2)10-14/h12-14,17H,3-11H2,1-2H3/t12?,13-,14-/m0/s1. The fourth-order valence-corrected chi connectivity index (χ4v) is 4.36. The number of hydrogen-bond acceptors (Lipinski definition) is 2. The summed E-state index contributed by atoms with van der Waals surface area (Å²) in [4.78, 5) is 14.9. The Morgan fingerprint density at radius 1 is 1.26 bits per heavy atom. The van der Waals surface area contributed by atoms with Crippen LogP contribution < -0.4 is 5.32 Å². The van der Waals surface area contributed by atoms with Gasteiger partial charge in [0.15, 0.2) is 0 Å². The average Bonchev–Trinajstić information content (AvgIpc) is 2.36. The van der Waals surface area contributed by atoms with Crippen LogP contribution in [0.4, 0.5) is 0 Å². The van der Waals surface area contributed by atoms with Gasteiger partial charge in [0.2, 0.25) is 5.91 Å². The average molecular weight is 264 g/mol. The van der Waals surface area contributed by atoms with E-state index in [2.05, 4.69) is 24.1 Å². The van der Waals surface area contributed by atoms with E-state index in [0.717, 1.165) is 38.4 Å². The van der Waals surface area contributed by atoms with Gasteiger partial charge in [-0.15, -0.1) is 0 Å². The molecule has 3 fully saturated rings. The maximum Gasteiger partial charge on any atom is 0.225 e. The number of amides is 1. The van der Waals surface area contributed by atoms with Crippen molar-refractivity contribution in [2.45, 2.75) is 58.4 Å². The first kappa shape index (κ1) is 13.4. The Morgan fingerprint density at radius 2 is 2.05 bits per heavy atom. The molecule has 3 aliphatic rings. The second-order valence-corrected chi connectivity index (χ2v) is 7.24. The van der Waals surface area contributed by atoms with Crippen LogP contribution >= 0.6 is 0 Å². The van der Waals surface area contributed by atoms with E-state index in [9.17, 15) is 4.79 Å². The Bertz CT molecular complexity index is 351. The molecule has 3 nitrogen and oxygen atoms in total. The smallest absolute Gasteiger partial charge is 0.225 e. The third kappa shape index (κ3) is 2.42. The summed E-state index contributed by atoms with van der Waals surface area (Å²) in [5.41, 5.74) is 0.493. The fourth-order valence-electron chi connectivity index (χ4n) is 4.36. The van der Waals surface area contributed by atoms with E-state index in [1.807, 2.05) is 0 Å². The minimum atomic E-state index is 0.279. The van der Waals surface area contributed by atoms with E-state index in [0.29, 0.717) is 17.4 Å². The van der Waals surface area contributed by atoms with Gasteiger partial charge in [0.05, 0.1) is 0 Å². The van der Waals surface area contributed by atoms with Gasteiger partial charge < -0.3 is 10.2 Å². The van der Waals surface area contributed by atoms with Crippen LogP contribution in [0.1, 0.15) is 52.4 Å². The molecule has 0 aromatic heterocycles. The van der Waals surface area contributed by atoms with E-state index >= 15 is 0 Å². The molecule has 1 unspecified atom stereocenters. The van der Waals surface area contributed by atoms with Gasteiger partial charge >= 0.3 is 0 Å². The van der Waals surface area contributed by atoms with Crippen molar-refractivity contribution in [3.63, 3.8) is 0 Å². The van der Waals surface area contributed by atoms with E-state index in [4.69, 9.17) is 0 Å². The molecule has 1 saturated carbocycles. The number of carbonyl (C=O) groups excluding carboxylic acids is 1. The summed E-state index contributed by atoms with van der Waals surface area (Å²) in [5, 5.41) is 3.44. The van der Waals surface area contributed by atoms with Gasteiger partial charge in [-0.3, -0.25) is 4.79 Å². The third-order valence-electron chi connectivity index (χ3n) is 6.02. The summed E-state index contributed by atoms with van der Waals surface area (Å²) in [6.07, 6.45) is 7.34. The second kappa shape index (κ2) is 5.08. The summed E-state index contributed by atoms with van der Waals surface area (Å²) < 4.78 is 0. The number of nitrogens with zero attached hydrogens (tertiary/aromatic N) is 1. The number of rotatable bonds is 1. The lowest BCUT2D eigenvalue weighted by Crippen LogP contribution is -2.55. The first-order valence-electron chi connectivity index (χ1n) is 8.13. The molecule has 19 heavy (non-hydrogen) atoms. The first-order valence-corrected chi connectivity index (χ1v) is 8.13. The van der Waals surface area contributed by atoms with Crippen LogP contribution in [-0.2, 0) is 4.79 Å². The molecular formula is C16H28N2O. The summed E-state index contributed by atoms with van der Waals surface area (Å²) in [5.74, 6) is 1.55. The summed E-state index contributed by atoms with van der Waals surface area (Å²) in [6, 6.07) is 0.504. The van der Waals surface area contributed by atoms with Crippen molar-refractivity contribution < 1.29 is 4.79 Å². The van der Waals surface area contributed by atoms with Crippen molar-refractivity contribution in [1.29, 1.82) is 0 Å². The van der Waals surface area contributed by atoms with Gasteiger partial charge in [-0.1, -0.05) is 13.3 Å². The number of nitrogens with one attached hydrogen (secondary N) is 1.